The van der Waals surface area contributed by atoms with E-state index in [2.05, 4.69) is 6.08 Å². The van der Waals surface area contributed by atoms with E-state index >= 15 is 0 Å². The highest BCUT2D eigenvalue weighted by Crippen LogP contribution is 2.38. The topological polar surface area (TPSA) is 50.1 Å². The standard InChI is InChI=1S/C11H15BNO2/c1-7-4-5-8(2)10(12-6-13)9(7)11(14)15-3/h4-5,7-10H,1-3H3/t7-,8+,9-,10+/m1/s1. The quantitative estimate of drug-likeness (QED) is 0.390. The molecule has 1 rings (SSSR count). The molecule has 0 bridgehead atoms. The summed E-state index contributed by atoms with van der Waals surface area (Å²) in [4.78, 5) is 11.6. The maximum atomic E-state index is 11.6. The summed E-state index contributed by atoms with van der Waals surface area (Å²) in [5.41, 5.74) is 0. The Bertz CT molecular complexity index is 308. The maximum absolute atomic E-state index is 11.6. The molecule has 0 aromatic carbocycles. The minimum atomic E-state index is -0.227. The van der Waals surface area contributed by atoms with E-state index in [4.69, 9.17) is 10.00 Å². The lowest BCUT2D eigenvalue weighted by molar-refractivity contribution is -0.147. The highest BCUT2D eigenvalue weighted by molar-refractivity contribution is 6.47. The number of rotatable bonds is 2. The molecule has 0 fully saturated rings. The summed E-state index contributed by atoms with van der Waals surface area (Å²) in [7, 11) is 2.94. The molecule has 3 nitrogen and oxygen atoms in total. The van der Waals surface area contributed by atoms with Gasteiger partial charge in [0.15, 0.2) is 0 Å². The summed E-state index contributed by atoms with van der Waals surface area (Å²) in [6.07, 6.45) is 4.08. The summed E-state index contributed by atoms with van der Waals surface area (Å²) in [6.45, 7) is 3.99. The first-order valence-corrected chi connectivity index (χ1v) is 5.11. The number of carbonyl (C=O) groups is 1. The molecule has 0 saturated heterocycles. The van der Waals surface area contributed by atoms with Crippen LogP contribution in [0.3, 0.4) is 0 Å². The van der Waals surface area contributed by atoms with Crippen LogP contribution in [0.2, 0.25) is 5.82 Å². The van der Waals surface area contributed by atoms with Gasteiger partial charge in [-0.1, -0.05) is 26.0 Å². The molecule has 1 aliphatic rings. The van der Waals surface area contributed by atoms with Gasteiger partial charge in [-0.25, -0.2) is 5.26 Å². The third-order valence-corrected chi connectivity index (χ3v) is 3.05. The Kier molecular flexibility index (Phi) is 3.96. The monoisotopic (exact) mass is 204 g/mol. The molecule has 4 heteroatoms. The first-order valence-electron chi connectivity index (χ1n) is 5.11. The predicted molar refractivity (Wildman–Crippen MR) is 58.1 cm³/mol. The maximum Gasteiger partial charge on any atom is 0.308 e. The van der Waals surface area contributed by atoms with Crippen LogP contribution in [-0.4, -0.2) is 20.4 Å². The van der Waals surface area contributed by atoms with Gasteiger partial charge in [-0.3, -0.25) is 4.79 Å². The summed E-state index contributed by atoms with van der Waals surface area (Å²) in [6, 6.07) is 0. The Morgan fingerprint density at radius 1 is 1.40 bits per heavy atom. The van der Waals surface area contributed by atoms with Crippen molar-refractivity contribution < 1.29 is 9.53 Å². The lowest BCUT2D eigenvalue weighted by Gasteiger charge is -2.33. The largest absolute Gasteiger partial charge is 0.469 e. The first kappa shape index (κ1) is 11.8. The average Bonchev–Trinajstić information content (AvgIpc) is 2.23. The van der Waals surface area contributed by atoms with E-state index in [-0.39, 0.29) is 29.5 Å². The fourth-order valence-electron chi connectivity index (χ4n) is 2.13. The van der Waals surface area contributed by atoms with Gasteiger partial charge in [0.2, 0.25) is 0 Å². The SMILES string of the molecule is COC(=O)[C@H]1[C@@H]([B]C#N)[C@@H](C)C=C[C@H]1C. The van der Waals surface area contributed by atoms with Crippen LogP contribution in [0.5, 0.6) is 0 Å². The Hall–Kier alpha value is -1.24. The number of hydrogen-bond acceptors (Lipinski definition) is 3. The minimum absolute atomic E-state index is 0.0394. The third-order valence-electron chi connectivity index (χ3n) is 3.05. The molecule has 0 aromatic heterocycles. The Balaban J connectivity index is 2.92. The average molecular weight is 204 g/mol. The second-order valence-electron chi connectivity index (χ2n) is 4.03. The van der Waals surface area contributed by atoms with Crippen LogP contribution in [0.15, 0.2) is 12.2 Å². The van der Waals surface area contributed by atoms with Gasteiger partial charge in [0.25, 0.3) is 7.28 Å². The Labute approximate surface area is 91.3 Å². The van der Waals surface area contributed by atoms with Crippen LogP contribution in [0, 0.1) is 29.0 Å². The summed E-state index contributed by atoms with van der Waals surface area (Å²) >= 11 is 0. The number of nitriles is 1. The highest BCUT2D eigenvalue weighted by Gasteiger charge is 2.38. The molecule has 0 amide bonds. The van der Waals surface area contributed by atoms with Crippen molar-refractivity contribution in [3.8, 4) is 5.97 Å². The number of ether oxygens (including phenoxy) is 1. The molecule has 0 aliphatic heterocycles. The minimum Gasteiger partial charge on any atom is -0.469 e. The van der Waals surface area contributed by atoms with Gasteiger partial charge < -0.3 is 4.74 Å². The van der Waals surface area contributed by atoms with Crippen molar-refractivity contribution in [3.05, 3.63) is 12.2 Å². The van der Waals surface area contributed by atoms with Gasteiger partial charge in [0.05, 0.1) is 13.0 Å². The molecule has 0 heterocycles. The molecule has 0 aromatic rings. The fraction of sp³-hybridized carbons (Fsp3) is 0.636. The second kappa shape index (κ2) is 5.02. The van der Waals surface area contributed by atoms with E-state index in [1.807, 2.05) is 25.9 Å². The molecule has 79 valence electrons. The predicted octanol–water partition coefficient (Wildman–Crippen LogP) is 1.59. The van der Waals surface area contributed by atoms with Crippen LogP contribution in [0.1, 0.15) is 13.8 Å². The van der Waals surface area contributed by atoms with Crippen molar-refractivity contribution in [2.45, 2.75) is 19.7 Å². The van der Waals surface area contributed by atoms with Gasteiger partial charge in [-0.15, -0.1) is 0 Å². The highest BCUT2D eigenvalue weighted by atomic mass is 16.5. The van der Waals surface area contributed by atoms with Crippen molar-refractivity contribution in [2.75, 3.05) is 7.11 Å². The van der Waals surface area contributed by atoms with Gasteiger partial charge in [0.1, 0.15) is 0 Å². The molecule has 0 saturated carbocycles. The van der Waals surface area contributed by atoms with Crippen LogP contribution in [-0.2, 0) is 9.53 Å². The molecule has 1 radical (unpaired) electrons. The zero-order chi connectivity index (χ0) is 11.4. The number of carbonyl (C=O) groups excluding carboxylic acids is 1. The van der Waals surface area contributed by atoms with E-state index in [1.54, 1.807) is 7.28 Å². The fourth-order valence-corrected chi connectivity index (χ4v) is 2.13. The molecule has 0 N–H and O–H groups in total. The van der Waals surface area contributed by atoms with Gasteiger partial charge in [0, 0.05) is 0 Å². The molecular weight excluding hydrogens is 189 g/mol. The molecule has 15 heavy (non-hydrogen) atoms. The van der Waals surface area contributed by atoms with Crippen molar-refractivity contribution in [3.63, 3.8) is 0 Å². The smallest absolute Gasteiger partial charge is 0.308 e. The zero-order valence-corrected chi connectivity index (χ0v) is 9.31. The van der Waals surface area contributed by atoms with E-state index in [0.717, 1.165) is 0 Å². The van der Waals surface area contributed by atoms with Crippen LogP contribution in [0.25, 0.3) is 0 Å². The van der Waals surface area contributed by atoms with E-state index in [1.165, 1.54) is 7.11 Å². The van der Waals surface area contributed by atoms with Crippen LogP contribution >= 0.6 is 0 Å². The van der Waals surface area contributed by atoms with Gasteiger partial charge in [-0.05, 0) is 23.6 Å². The van der Waals surface area contributed by atoms with E-state index in [0.29, 0.717) is 0 Å². The lowest BCUT2D eigenvalue weighted by atomic mass is 9.52. The van der Waals surface area contributed by atoms with Crippen molar-refractivity contribution in [1.29, 1.82) is 5.26 Å². The third kappa shape index (κ3) is 2.41. The normalized spacial score (nSPS) is 34.3. The van der Waals surface area contributed by atoms with Crippen LogP contribution in [0.4, 0.5) is 0 Å². The number of esters is 1. The number of hydrogen-bond donors (Lipinski definition) is 0. The summed E-state index contributed by atoms with van der Waals surface area (Å²) in [5.74, 6) is 1.88. The molecule has 0 unspecified atom stereocenters. The zero-order valence-electron chi connectivity index (χ0n) is 9.31. The Morgan fingerprint density at radius 2 is 2.00 bits per heavy atom. The number of methoxy groups -OCH3 is 1. The van der Waals surface area contributed by atoms with Crippen molar-refractivity contribution >= 4 is 13.2 Å². The molecule has 4 atom stereocenters. The Morgan fingerprint density at radius 3 is 2.53 bits per heavy atom. The number of nitrogens with zero attached hydrogens (tertiary/aromatic N) is 1. The van der Waals surface area contributed by atoms with Crippen LogP contribution < -0.4 is 0 Å². The van der Waals surface area contributed by atoms with Gasteiger partial charge >= 0.3 is 5.97 Å². The second-order valence-corrected chi connectivity index (χ2v) is 4.03. The molecular formula is C11H15BNO2. The number of allylic oxidation sites excluding steroid dienone is 2. The molecule has 0 spiro atoms. The van der Waals surface area contributed by atoms with E-state index < -0.39 is 0 Å². The summed E-state index contributed by atoms with van der Waals surface area (Å²) in [5, 5.41) is 8.71. The first-order chi connectivity index (χ1) is 7.11. The lowest BCUT2D eigenvalue weighted by Crippen LogP contribution is -2.34. The van der Waals surface area contributed by atoms with Crippen molar-refractivity contribution in [1.82, 2.24) is 0 Å². The van der Waals surface area contributed by atoms with E-state index in [9.17, 15) is 4.79 Å². The van der Waals surface area contributed by atoms with Gasteiger partial charge in [-0.2, -0.15) is 0 Å². The molecule has 1 aliphatic carbocycles. The van der Waals surface area contributed by atoms with Crippen molar-refractivity contribution in [2.24, 2.45) is 17.8 Å². The summed E-state index contributed by atoms with van der Waals surface area (Å²) < 4.78 is 4.78.